The van der Waals surface area contributed by atoms with Crippen LogP contribution in [0.15, 0.2) is 206 Å². The minimum absolute atomic E-state index is 0.0940. The lowest BCUT2D eigenvalue weighted by atomic mass is 9.72. The second kappa shape index (κ2) is 13.7. The van der Waals surface area contributed by atoms with Gasteiger partial charge >= 0.3 is 0 Å². The molecular formula is C58H46N2. The fraction of sp³-hybridized carbons (Fsp3) is 0.103. The molecule has 60 heavy (non-hydrogen) atoms. The summed E-state index contributed by atoms with van der Waals surface area (Å²) < 4.78 is 0. The van der Waals surface area contributed by atoms with Gasteiger partial charge in [-0.25, -0.2) is 0 Å². The zero-order valence-corrected chi connectivity index (χ0v) is 34.5. The van der Waals surface area contributed by atoms with E-state index in [9.17, 15) is 0 Å². The quantitative estimate of drug-likeness (QED) is 0.166. The van der Waals surface area contributed by atoms with Gasteiger partial charge in [0.1, 0.15) is 0 Å². The molecule has 0 saturated carbocycles. The third-order valence-corrected chi connectivity index (χ3v) is 13.2. The van der Waals surface area contributed by atoms with Gasteiger partial charge < -0.3 is 9.80 Å². The van der Waals surface area contributed by atoms with Crippen LogP contribution in [0.1, 0.15) is 49.9 Å². The topological polar surface area (TPSA) is 6.48 Å². The first kappa shape index (κ1) is 36.0. The Morgan fingerprint density at radius 2 is 0.867 bits per heavy atom. The van der Waals surface area contributed by atoms with Crippen LogP contribution in [0.5, 0.6) is 0 Å². The highest BCUT2D eigenvalue weighted by Crippen LogP contribution is 2.56. The van der Waals surface area contributed by atoms with E-state index in [0.29, 0.717) is 0 Å². The number of anilines is 6. The molecule has 11 rings (SSSR count). The first-order valence-corrected chi connectivity index (χ1v) is 21.1. The predicted molar refractivity (Wildman–Crippen MR) is 254 cm³/mol. The zero-order chi connectivity index (χ0) is 40.6. The number of hydrogen-bond donors (Lipinski definition) is 0. The molecule has 0 bridgehead atoms. The van der Waals surface area contributed by atoms with E-state index >= 15 is 0 Å². The van der Waals surface area contributed by atoms with Crippen molar-refractivity contribution >= 4 is 44.9 Å². The van der Waals surface area contributed by atoms with Crippen LogP contribution in [0.2, 0.25) is 0 Å². The lowest BCUT2D eigenvalue weighted by Crippen LogP contribution is -2.31. The number of fused-ring (bicyclic) bond motifs is 6. The van der Waals surface area contributed by atoms with Gasteiger partial charge in [-0.1, -0.05) is 173 Å². The largest absolute Gasteiger partial charge is 0.311 e. The standard InChI is InChI=1S/C58H46N2/c1-57(2)50-24-14-13-23-48(50)49-35-30-42(38-52(49)57)47-34-29-40-17-11-12-22-46(40)56(47)60-54-26-16-15-25-51(54)58(3,4)53-37-41(31-36-55(53)60)39-27-32-45(33-28-39)59(43-18-7-5-8-19-43)44-20-9-6-10-21-44/h5-38H,1-4H3. The van der Waals surface area contributed by atoms with Gasteiger partial charge in [-0.15, -0.1) is 0 Å². The van der Waals surface area contributed by atoms with Gasteiger partial charge in [-0.05, 0) is 116 Å². The fourth-order valence-electron chi connectivity index (χ4n) is 10.1. The van der Waals surface area contributed by atoms with Crippen molar-refractivity contribution in [2.45, 2.75) is 38.5 Å². The highest BCUT2D eigenvalue weighted by molar-refractivity contribution is 6.08. The molecule has 2 aliphatic rings. The van der Waals surface area contributed by atoms with Crippen LogP contribution in [0, 0.1) is 0 Å². The van der Waals surface area contributed by atoms with Gasteiger partial charge in [0.05, 0.1) is 17.1 Å². The summed E-state index contributed by atoms with van der Waals surface area (Å²) in [6.07, 6.45) is 0. The van der Waals surface area contributed by atoms with Gasteiger partial charge in [-0.2, -0.15) is 0 Å². The van der Waals surface area contributed by atoms with Crippen molar-refractivity contribution in [3.8, 4) is 33.4 Å². The number of benzene rings is 9. The lowest BCUT2D eigenvalue weighted by Gasteiger charge is -2.43. The second-order valence-corrected chi connectivity index (χ2v) is 17.4. The molecule has 9 aromatic carbocycles. The van der Waals surface area contributed by atoms with E-state index < -0.39 is 0 Å². The highest BCUT2D eigenvalue weighted by atomic mass is 15.2. The molecule has 2 heteroatoms. The SMILES string of the molecule is CC1(C)c2ccccc2-c2ccc(-c3ccc4ccccc4c3N3c4ccccc4C(C)(C)c4cc(-c5ccc(N(c6ccccc6)c6ccccc6)cc5)ccc43)cc21. The normalized spacial score (nSPS) is 14.2. The van der Waals surface area contributed by atoms with Crippen molar-refractivity contribution in [3.63, 3.8) is 0 Å². The average molecular weight is 771 g/mol. The summed E-state index contributed by atoms with van der Waals surface area (Å²) in [5.74, 6) is 0. The summed E-state index contributed by atoms with van der Waals surface area (Å²) in [4.78, 5) is 4.88. The molecule has 0 amide bonds. The maximum Gasteiger partial charge on any atom is 0.0618 e. The Morgan fingerprint density at radius 1 is 0.350 bits per heavy atom. The summed E-state index contributed by atoms with van der Waals surface area (Å²) in [7, 11) is 0. The summed E-state index contributed by atoms with van der Waals surface area (Å²) in [6, 6.07) is 76.0. The Bertz CT molecular complexity index is 3050. The van der Waals surface area contributed by atoms with Crippen molar-refractivity contribution in [2.24, 2.45) is 0 Å². The van der Waals surface area contributed by atoms with Crippen LogP contribution >= 0.6 is 0 Å². The van der Waals surface area contributed by atoms with Gasteiger partial charge in [0, 0.05) is 38.8 Å². The van der Waals surface area contributed by atoms with Crippen LogP contribution in [0.3, 0.4) is 0 Å². The predicted octanol–water partition coefficient (Wildman–Crippen LogP) is 16.1. The van der Waals surface area contributed by atoms with Crippen LogP contribution in [0.25, 0.3) is 44.2 Å². The monoisotopic (exact) mass is 770 g/mol. The van der Waals surface area contributed by atoms with Crippen molar-refractivity contribution in [2.75, 3.05) is 9.80 Å². The van der Waals surface area contributed by atoms with Gasteiger partial charge in [0.25, 0.3) is 0 Å². The summed E-state index contributed by atoms with van der Waals surface area (Å²) >= 11 is 0. The van der Waals surface area contributed by atoms with Crippen LogP contribution < -0.4 is 9.80 Å². The molecule has 0 fully saturated rings. The Balaban J connectivity index is 1.07. The van der Waals surface area contributed by atoms with E-state index in [4.69, 9.17) is 0 Å². The molecule has 1 aliphatic heterocycles. The van der Waals surface area contributed by atoms with Crippen molar-refractivity contribution in [1.29, 1.82) is 0 Å². The number of para-hydroxylation sites is 3. The number of hydrogen-bond acceptors (Lipinski definition) is 2. The lowest BCUT2D eigenvalue weighted by molar-refractivity contribution is 0.632. The van der Waals surface area contributed by atoms with E-state index in [2.05, 4.69) is 244 Å². The highest BCUT2D eigenvalue weighted by Gasteiger charge is 2.39. The fourth-order valence-corrected chi connectivity index (χ4v) is 10.1. The first-order chi connectivity index (χ1) is 29.3. The first-order valence-electron chi connectivity index (χ1n) is 21.1. The minimum Gasteiger partial charge on any atom is -0.311 e. The van der Waals surface area contributed by atoms with E-state index in [1.54, 1.807) is 0 Å². The molecule has 1 aliphatic carbocycles. The number of nitrogens with zero attached hydrogens (tertiary/aromatic N) is 2. The van der Waals surface area contributed by atoms with Gasteiger partial charge in [0.15, 0.2) is 0 Å². The molecule has 9 aromatic rings. The molecule has 288 valence electrons. The summed E-state index contributed by atoms with van der Waals surface area (Å²) in [5.41, 5.74) is 19.6. The Morgan fingerprint density at radius 3 is 1.62 bits per heavy atom. The molecule has 0 aromatic heterocycles. The molecule has 0 unspecified atom stereocenters. The third kappa shape index (κ3) is 5.55. The molecule has 1 heterocycles. The summed E-state index contributed by atoms with van der Waals surface area (Å²) in [6.45, 7) is 9.51. The molecule has 0 saturated heterocycles. The van der Waals surface area contributed by atoms with Crippen LogP contribution in [-0.4, -0.2) is 0 Å². The van der Waals surface area contributed by atoms with Crippen LogP contribution in [-0.2, 0) is 10.8 Å². The second-order valence-electron chi connectivity index (χ2n) is 17.4. The van der Waals surface area contributed by atoms with E-state index in [1.807, 2.05) is 0 Å². The van der Waals surface area contributed by atoms with Crippen LogP contribution in [0.4, 0.5) is 34.1 Å². The smallest absolute Gasteiger partial charge is 0.0618 e. The van der Waals surface area contributed by atoms with Crippen molar-refractivity contribution in [3.05, 3.63) is 229 Å². The maximum atomic E-state index is 2.56. The molecule has 0 spiro atoms. The minimum atomic E-state index is -0.246. The third-order valence-electron chi connectivity index (χ3n) is 13.2. The Hall–Kier alpha value is -7.16. The van der Waals surface area contributed by atoms with E-state index in [0.717, 1.165) is 17.1 Å². The average Bonchev–Trinajstić information content (AvgIpc) is 3.52. The Kier molecular flexibility index (Phi) is 8.22. The maximum absolute atomic E-state index is 2.56. The van der Waals surface area contributed by atoms with E-state index in [1.165, 1.54) is 83.5 Å². The Labute approximate surface area is 353 Å². The zero-order valence-electron chi connectivity index (χ0n) is 34.5. The molecule has 2 nitrogen and oxygen atoms in total. The molecule has 0 N–H and O–H groups in total. The van der Waals surface area contributed by atoms with Crippen molar-refractivity contribution in [1.82, 2.24) is 0 Å². The molecular weight excluding hydrogens is 725 g/mol. The number of rotatable bonds is 6. The van der Waals surface area contributed by atoms with Crippen molar-refractivity contribution < 1.29 is 0 Å². The summed E-state index contributed by atoms with van der Waals surface area (Å²) in [5, 5.41) is 2.46. The van der Waals surface area contributed by atoms with Gasteiger partial charge in [0.2, 0.25) is 0 Å². The molecule has 0 atom stereocenters. The molecule has 0 radical (unpaired) electrons. The van der Waals surface area contributed by atoms with Gasteiger partial charge in [-0.3, -0.25) is 0 Å². The van der Waals surface area contributed by atoms with E-state index in [-0.39, 0.29) is 10.8 Å².